The zero-order valence-corrected chi connectivity index (χ0v) is 8.50. The molecule has 0 aliphatic carbocycles. The van der Waals surface area contributed by atoms with Crippen molar-refractivity contribution in [3.05, 3.63) is 30.3 Å². The Morgan fingerprint density at radius 3 is 2.45 bits per heavy atom. The number of nitrogens with zero attached hydrogens (tertiary/aromatic N) is 1. The first-order valence-corrected chi connectivity index (χ1v) is 4.83. The molecule has 0 aliphatic heterocycles. The van der Waals surface area contributed by atoms with Crippen LogP contribution in [0.15, 0.2) is 35.2 Å². The van der Waals surface area contributed by atoms with Gasteiger partial charge < -0.3 is 0 Å². The largest absolute Gasteiger partial charge is 0.392 e. The molecule has 1 aromatic carbocycles. The molecule has 5 heteroatoms. The molecule has 1 atom stereocenters. The summed E-state index contributed by atoms with van der Waals surface area (Å²) in [6, 6.07) is 9.49. The molecule has 0 radical (unpaired) electrons. The van der Waals surface area contributed by atoms with E-state index in [-0.39, 0.29) is 0 Å². The van der Waals surface area contributed by atoms with Crippen LogP contribution in [0.3, 0.4) is 0 Å². The Bertz CT molecular complexity index is 284. The van der Waals surface area contributed by atoms with Crippen LogP contribution < -0.4 is 4.16 Å². The molecule has 1 rings (SSSR count). The van der Waals surface area contributed by atoms with Gasteiger partial charge in [-0.05, 0) is 12.1 Å². The summed E-state index contributed by atoms with van der Waals surface area (Å²) in [4.78, 5) is 0.928. The molecule has 58 valence electrons. The van der Waals surface area contributed by atoms with Crippen LogP contribution in [0.4, 0.5) is 0 Å². The molecule has 1 unspecified atom stereocenters. The Labute approximate surface area is 81.3 Å². The maximum atomic E-state index is 6.80. The van der Waals surface area contributed by atoms with Gasteiger partial charge in [0.15, 0.2) is 0 Å². The first-order valence-electron chi connectivity index (χ1n) is 2.84. The molecule has 3 nitrogen and oxygen atoms in total. The number of hydrogen-bond acceptors (Lipinski definition) is 2. The van der Waals surface area contributed by atoms with Crippen molar-refractivity contribution >= 4 is 34.0 Å². The first-order chi connectivity index (χ1) is 5.38. The van der Waals surface area contributed by atoms with Gasteiger partial charge in [-0.15, -0.1) is 0 Å². The van der Waals surface area contributed by atoms with E-state index in [1.54, 1.807) is 23.0 Å². The monoisotopic (exact) mass is 281 g/mol. The first kappa shape index (κ1) is 8.86. The van der Waals surface area contributed by atoms with Crippen LogP contribution >= 0.6 is 23.0 Å². The maximum Gasteiger partial charge on any atom is 0.392 e. The normalized spacial score (nSPS) is 12.1. The molecule has 0 amide bonds. The topological polar surface area (TPSA) is 47.2 Å². The molecule has 0 fully saturated rings. The molecule has 0 spiro atoms. The van der Waals surface area contributed by atoms with Gasteiger partial charge in [0.05, 0.1) is 5.53 Å². The van der Waals surface area contributed by atoms with Gasteiger partial charge >= 0.3 is 11.0 Å². The van der Waals surface area contributed by atoms with Gasteiger partial charge in [0, 0.05) is 0 Å². The summed E-state index contributed by atoms with van der Waals surface area (Å²) >= 11 is 1.75. The number of hydrogen-bond donors (Lipinski definition) is 1. The molecular weight excluding hydrogens is 275 g/mol. The Kier molecular flexibility index (Phi) is 3.71. The summed E-state index contributed by atoms with van der Waals surface area (Å²) in [6.07, 6.45) is 0. The molecule has 1 aromatic rings. The van der Waals surface area contributed by atoms with E-state index in [1.165, 1.54) is 0 Å². The molecular formula is C6H6IN2OS+. The van der Waals surface area contributed by atoms with Crippen LogP contribution in [0, 0.1) is 5.53 Å². The third kappa shape index (κ3) is 2.37. The van der Waals surface area contributed by atoms with Gasteiger partial charge in [0.1, 0.15) is 32.1 Å². The Balaban J connectivity index is 3.02. The van der Waals surface area contributed by atoms with Gasteiger partial charge in [0.2, 0.25) is 0 Å². The fraction of sp³-hybridized carbons (Fsp3) is 0. The van der Waals surface area contributed by atoms with E-state index < -0.39 is 11.0 Å². The van der Waals surface area contributed by atoms with E-state index >= 15 is 0 Å². The van der Waals surface area contributed by atoms with E-state index in [1.807, 2.05) is 30.3 Å². The van der Waals surface area contributed by atoms with Crippen LogP contribution in [-0.4, -0.2) is 0 Å². The summed E-state index contributed by atoms with van der Waals surface area (Å²) in [5.74, 6) is 0. The van der Waals surface area contributed by atoms with E-state index in [0.29, 0.717) is 0 Å². The van der Waals surface area contributed by atoms with Gasteiger partial charge in [-0.1, -0.05) is 18.2 Å². The summed E-state index contributed by atoms with van der Waals surface area (Å²) in [5, 5.41) is 0. The lowest BCUT2D eigenvalue weighted by Gasteiger charge is -1.87. The van der Waals surface area contributed by atoms with Crippen molar-refractivity contribution in [1.82, 2.24) is 4.16 Å². The minimum absolute atomic E-state index is 0.723. The number of nitrogens with one attached hydrogen (secondary N) is 1. The van der Waals surface area contributed by atoms with Crippen molar-refractivity contribution in [3.8, 4) is 0 Å². The number of halogens is 1. The predicted octanol–water partition coefficient (Wildman–Crippen LogP) is 2.23. The van der Waals surface area contributed by atoms with Gasteiger partial charge in [-0.3, -0.25) is 0 Å². The quantitative estimate of drug-likeness (QED) is 0.504. The van der Waals surface area contributed by atoms with Crippen LogP contribution in [0.25, 0.3) is 0 Å². The third-order valence-electron chi connectivity index (χ3n) is 1.09. The van der Waals surface area contributed by atoms with E-state index in [9.17, 15) is 0 Å². The van der Waals surface area contributed by atoms with Crippen LogP contribution in [0.2, 0.25) is 0 Å². The fourth-order valence-corrected chi connectivity index (χ4v) is 2.10. The minimum atomic E-state index is -0.723. The standard InChI is InChI=1S/C6H6IN2OS/c7-10-11(9-8)6-4-2-1-3-5-6/h1-5,8H/q+1. The highest BCUT2D eigenvalue weighted by molar-refractivity contribution is 14.1. The second-order valence-electron chi connectivity index (χ2n) is 1.72. The second-order valence-corrected chi connectivity index (χ2v) is 4.07. The average molecular weight is 281 g/mol. The predicted molar refractivity (Wildman–Crippen MR) is 52.0 cm³/mol. The Morgan fingerprint density at radius 2 is 2.00 bits per heavy atom. The average Bonchev–Trinajstić information content (AvgIpc) is 2.09. The van der Waals surface area contributed by atoms with Gasteiger partial charge in [0.25, 0.3) is 0 Å². The lowest BCUT2D eigenvalue weighted by atomic mass is 10.4. The van der Waals surface area contributed by atoms with Crippen molar-refractivity contribution < 1.29 is 2.51 Å². The van der Waals surface area contributed by atoms with Gasteiger partial charge in [-0.25, -0.2) is 0 Å². The maximum absolute atomic E-state index is 6.80. The SMILES string of the molecule is N=[N+]=S(OI)c1ccccc1. The van der Waals surface area contributed by atoms with Crippen LogP contribution in [-0.2, 0) is 13.5 Å². The molecule has 0 aliphatic rings. The Morgan fingerprint density at radius 1 is 1.36 bits per heavy atom. The molecule has 0 aromatic heterocycles. The lowest BCUT2D eigenvalue weighted by molar-refractivity contribution is 0.814. The van der Waals surface area contributed by atoms with E-state index in [0.717, 1.165) is 4.90 Å². The van der Waals surface area contributed by atoms with Gasteiger partial charge in [-0.2, -0.15) is 2.51 Å². The van der Waals surface area contributed by atoms with E-state index in [4.69, 9.17) is 8.04 Å². The summed E-state index contributed by atoms with van der Waals surface area (Å²) in [7, 11) is -0.723. The molecule has 0 saturated carbocycles. The number of rotatable bonds is 2. The van der Waals surface area contributed by atoms with Crippen molar-refractivity contribution in [1.29, 1.82) is 5.53 Å². The van der Waals surface area contributed by atoms with Crippen molar-refractivity contribution in [2.45, 2.75) is 4.90 Å². The van der Waals surface area contributed by atoms with Crippen molar-refractivity contribution in [2.24, 2.45) is 0 Å². The molecule has 0 bridgehead atoms. The lowest BCUT2D eigenvalue weighted by Crippen LogP contribution is -1.90. The minimum Gasteiger partial charge on any atom is -0.183 e. The highest BCUT2D eigenvalue weighted by Crippen LogP contribution is 2.08. The molecule has 0 saturated heterocycles. The smallest absolute Gasteiger partial charge is 0.183 e. The molecule has 1 N–H and O–H groups in total. The van der Waals surface area contributed by atoms with Crippen LogP contribution in [0.1, 0.15) is 0 Å². The Hall–Kier alpha value is -0.230. The summed E-state index contributed by atoms with van der Waals surface area (Å²) in [5.41, 5.74) is 6.80. The molecule has 0 heterocycles. The number of benzene rings is 1. The molecule has 11 heavy (non-hydrogen) atoms. The van der Waals surface area contributed by atoms with Crippen molar-refractivity contribution in [2.75, 3.05) is 0 Å². The summed E-state index contributed by atoms with van der Waals surface area (Å²) in [6.45, 7) is 0. The highest BCUT2D eigenvalue weighted by Gasteiger charge is 2.09. The zero-order chi connectivity index (χ0) is 8.10. The summed E-state index contributed by atoms with van der Waals surface area (Å²) < 4.78 is 8.25. The van der Waals surface area contributed by atoms with E-state index in [2.05, 4.69) is 4.16 Å². The third-order valence-corrected chi connectivity index (χ3v) is 3.07. The second kappa shape index (κ2) is 4.61. The zero-order valence-electron chi connectivity index (χ0n) is 5.53. The highest BCUT2D eigenvalue weighted by atomic mass is 127. The fourth-order valence-electron chi connectivity index (χ4n) is 0.640. The van der Waals surface area contributed by atoms with Crippen LogP contribution in [0.5, 0.6) is 0 Å². The van der Waals surface area contributed by atoms with Crippen molar-refractivity contribution in [3.63, 3.8) is 0 Å².